The van der Waals surface area contributed by atoms with Crippen LogP contribution < -0.4 is 4.98 Å². The van der Waals surface area contributed by atoms with Crippen molar-refractivity contribution in [1.82, 2.24) is 14.4 Å². The minimum atomic E-state index is 0. The molecular weight excluding hydrogens is 191 g/mol. The monoisotopic (exact) mass is 195 g/mol. The van der Waals surface area contributed by atoms with E-state index >= 15 is 0 Å². The van der Waals surface area contributed by atoms with E-state index in [1.807, 2.05) is 16.8 Å². The largest absolute Gasteiger partial charge is 0.382 e. The maximum absolute atomic E-state index is 3.93. The summed E-state index contributed by atoms with van der Waals surface area (Å²) >= 11 is 0. The van der Waals surface area contributed by atoms with E-state index in [9.17, 15) is 0 Å². The quantitative estimate of drug-likeness (QED) is 0.604. The van der Waals surface area contributed by atoms with Gasteiger partial charge in [-0.2, -0.15) is 0 Å². The van der Waals surface area contributed by atoms with Gasteiger partial charge in [-0.15, -0.1) is 0 Å². The summed E-state index contributed by atoms with van der Waals surface area (Å²) in [7, 11) is 0. The predicted molar refractivity (Wildman–Crippen MR) is 28.5 cm³/mol. The van der Waals surface area contributed by atoms with Crippen LogP contribution in [0.25, 0.3) is 5.78 Å². The van der Waals surface area contributed by atoms with Crippen LogP contribution in [0.4, 0.5) is 0 Å². The summed E-state index contributed by atoms with van der Waals surface area (Å²) in [5, 5.41) is 0. The third-order valence-corrected chi connectivity index (χ3v) is 1.07. The van der Waals surface area contributed by atoms with E-state index in [-0.39, 0.29) is 32.7 Å². The van der Waals surface area contributed by atoms with Crippen LogP contribution in [0.2, 0.25) is 0 Å². The average molecular weight is 195 g/mol. The smallest absolute Gasteiger partial charge is 0.0250 e. The van der Waals surface area contributed by atoms with E-state index in [4.69, 9.17) is 0 Å². The number of fused-ring (bicyclic) bond motifs is 1. The van der Waals surface area contributed by atoms with Crippen molar-refractivity contribution in [3.63, 3.8) is 0 Å². The van der Waals surface area contributed by atoms with Crippen molar-refractivity contribution in [1.29, 1.82) is 0 Å². The summed E-state index contributed by atoms with van der Waals surface area (Å²) in [4.78, 5) is 7.86. The number of hydrogen-bond acceptors (Lipinski definition) is 1. The second kappa shape index (κ2) is 2.63. The Balaban J connectivity index is 0.000000405. The van der Waals surface area contributed by atoms with Crippen molar-refractivity contribution >= 4 is 5.78 Å². The van der Waals surface area contributed by atoms with Crippen LogP contribution in [-0.2, 0) is 32.7 Å². The first-order valence-electron chi connectivity index (χ1n) is 2.37. The Hall–Kier alpha value is -0.146. The fourth-order valence-corrected chi connectivity index (χ4v) is 0.693. The minimum absolute atomic E-state index is 0. The zero-order valence-corrected chi connectivity index (χ0v) is 7.57. The Labute approximate surface area is 77.4 Å². The van der Waals surface area contributed by atoms with Crippen LogP contribution in [0.5, 0.6) is 0 Å². The molecule has 0 aromatic carbocycles. The van der Waals surface area contributed by atoms with Gasteiger partial charge in [-0.05, 0) is 24.8 Å². The molecule has 0 bridgehead atoms. The van der Waals surface area contributed by atoms with Gasteiger partial charge in [-0.1, -0.05) is 0 Å². The van der Waals surface area contributed by atoms with Gasteiger partial charge in [0, 0.05) is 38.5 Å². The standard InChI is InChI=1S/C5H4N3.Y/c1-3-8-4-2-7-5(8)6-1;/h1-4H;/q-1;. The first-order chi connectivity index (χ1) is 3.97. The Kier molecular flexibility index (Phi) is 2.03. The van der Waals surface area contributed by atoms with Crippen LogP contribution in [0, 0.1) is 0 Å². The van der Waals surface area contributed by atoms with Crippen molar-refractivity contribution < 1.29 is 32.7 Å². The first-order valence-corrected chi connectivity index (χ1v) is 2.37. The van der Waals surface area contributed by atoms with E-state index in [0.29, 0.717) is 0 Å². The molecule has 3 nitrogen and oxygen atoms in total. The molecule has 0 saturated heterocycles. The van der Waals surface area contributed by atoms with Crippen LogP contribution in [0.15, 0.2) is 24.8 Å². The van der Waals surface area contributed by atoms with Gasteiger partial charge in [0.25, 0.3) is 0 Å². The molecule has 2 aromatic rings. The minimum Gasteiger partial charge on any atom is -0.382 e. The van der Waals surface area contributed by atoms with E-state index < -0.39 is 0 Å². The van der Waals surface area contributed by atoms with Crippen molar-refractivity contribution in [2.75, 3.05) is 0 Å². The number of aromatic nitrogens is 3. The van der Waals surface area contributed by atoms with Crippen LogP contribution in [0.1, 0.15) is 0 Å². The zero-order valence-electron chi connectivity index (χ0n) is 4.73. The Bertz CT molecular complexity index is 234. The number of imidazole rings is 2. The molecule has 2 aromatic heterocycles. The molecule has 0 fully saturated rings. The molecule has 0 unspecified atom stereocenters. The van der Waals surface area contributed by atoms with E-state index in [2.05, 4.69) is 9.97 Å². The van der Waals surface area contributed by atoms with Gasteiger partial charge in [0.1, 0.15) is 0 Å². The summed E-state index contributed by atoms with van der Waals surface area (Å²) in [6.45, 7) is 0. The number of rotatable bonds is 0. The molecule has 0 atom stereocenters. The fourth-order valence-electron chi connectivity index (χ4n) is 0.693. The van der Waals surface area contributed by atoms with Gasteiger partial charge in [-0.3, -0.25) is 0 Å². The molecule has 0 N–H and O–H groups in total. The molecular formula is C5H4N3Y-. The van der Waals surface area contributed by atoms with E-state index in [0.717, 1.165) is 5.78 Å². The maximum Gasteiger partial charge on any atom is 0.0250 e. The Morgan fingerprint density at radius 3 is 3.11 bits per heavy atom. The summed E-state index contributed by atoms with van der Waals surface area (Å²) < 4.78 is 1.86. The van der Waals surface area contributed by atoms with Gasteiger partial charge >= 0.3 is 0 Å². The summed E-state index contributed by atoms with van der Waals surface area (Å²) in [5.41, 5.74) is 0. The molecule has 0 saturated carbocycles. The second-order valence-electron chi connectivity index (χ2n) is 1.56. The number of nitrogens with zero attached hydrogens (tertiary/aromatic N) is 3. The summed E-state index contributed by atoms with van der Waals surface area (Å²) in [5.74, 6) is 0.769. The Morgan fingerprint density at radius 2 is 2.33 bits per heavy atom. The van der Waals surface area contributed by atoms with E-state index in [1.165, 1.54) is 0 Å². The molecule has 0 aliphatic rings. The van der Waals surface area contributed by atoms with Crippen LogP contribution in [-0.4, -0.2) is 9.38 Å². The van der Waals surface area contributed by atoms with Gasteiger partial charge < -0.3 is 14.4 Å². The molecule has 1 radical (unpaired) electrons. The maximum atomic E-state index is 3.93. The topological polar surface area (TPSA) is 31.4 Å². The van der Waals surface area contributed by atoms with Crippen molar-refractivity contribution in [3.8, 4) is 0 Å². The molecule has 0 aliphatic heterocycles. The van der Waals surface area contributed by atoms with Crippen molar-refractivity contribution in [3.05, 3.63) is 24.8 Å². The van der Waals surface area contributed by atoms with Gasteiger partial charge in [0.15, 0.2) is 0 Å². The van der Waals surface area contributed by atoms with Gasteiger partial charge in [0.05, 0.1) is 0 Å². The van der Waals surface area contributed by atoms with Crippen LogP contribution >= 0.6 is 0 Å². The first kappa shape index (κ1) is 6.97. The third kappa shape index (κ3) is 1.07. The van der Waals surface area contributed by atoms with Crippen molar-refractivity contribution in [2.45, 2.75) is 0 Å². The Morgan fingerprint density at radius 1 is 1.44 bits per heavy atom. The van der Waals surface area contributed by atoms with E-state index in [1.54, 1.807) is 12.4 Å². The van der Waals surface area contributed by atoms with Gasteiger partial charge in [-0.25, -0.2) is 0 Å². The molecule has 0 aliphatic carbocycles. The summed E-state index contributed by atoms with van der Waals surface area (Å²) in [6, 6.07) is 0. The molecule has 2 heterocycles. The normalized spacial score (nSPS) is 9.33. The molecule has 0 spiro atoms. The zero-order chi connectivity index (χ0) is 5.40. The molecule has 4 heteroatoms. The number of hydrogen-bond donors (Lipinski definition) is 0. The second-order valence-corrected chi connectivity index (χ2v) is 1.56. The fraction of sp³-hybridized carbons (Fsp3) is 0. The van der Waals surface area contributed by atoms with Gasteiger partial charge in [0.2, 0.25) is 0 Å². The third-order valence-electron chi connectivity index (χ3n) is 1.07. The van der Waals surface area contributed by atoms with Crippen LogP contribution in [0.3, 0.4) is 0 Å². The van der Waals surface area contributed by atoms with Crippen molar-refractivity contribution in [2.24, 2.45) is 0 Å². The SMILES string of the molecule is [Y].c1cn2cc[n-]c2n1. The molecule has 2 rings (SSSR count). The predicted octanol–water partition coefficient (Wildman–Crippen LogP) is 0.289. The summed E-state index contributed by atoms with van der Waals surface area (Å²) in [6.07, 6.45) is 7.18. The molecule has 0 amide bonds. The molecule has 9 heavy (non-hydrogen) atoms. The molecule has 43 valence electrons. The average Bonchev–Trinajstić information content (AvgIpc) is 2.15.